The summed E-state index contributed by atoms with van der Waals surface area (Å²) in [5, 5.41) is 8.49. The zero-order chi connectivity index (χ0) is 9.56. The first-order valence-electron chi connectivity index (χ1n) is 4.53. The zero-order valence-electron chi connectivity index (χ0n) is 7.92. The van der Waals surface area contributed by atoms with Gasteiger partial charge in [0.05, 0.1) is 0 Å². The van der Waals surface area contributed by atoms with Gasteiger partial charge in [0.1, 0.15) is 0 Å². The summed E-state index contributed by atoms with van der Waals surface area (Å²) in [4.78, 5) is 10.3. The lowest BCUT2D eigenvalue weighted by Gasteiger charge is -2.14. The molecule has 3 heteroatoms. The van der Waals surface area contributed by atoms with Gasteiger partial charge >= 0.3 is 5.97 Å². The second-order valence-electron chi connectivity index (χ2n) is 3.49. The van der Waals surface area contributed by atoms with Crippen LogP contribution in [0.5, 0.6) is 0 Å². The molecule has 0 aliphatic carbocycles. The minimum Gasteiger partial charge on any atom is -0.481 e. The first kappa shape index (κ1) is 11.4. The van der Waals surface area contributed by atoms with Crippen molar-refractivity contribution in [1.82, 2.24) is 0 Å². The van der Waals surface area contributed by atoms with E-state index in [1.807, 2.05) is 6.92 Å². The lowest BCUT2D eigenvalue weighted by molar-refractivity contribution is -0.138. The van der Waals surface area contributed by atoms with Gasteiger partial charge in [0.25, 0.3) is 0 Å². The molecule has 0 amide bonds. The van der Waals surface area contributed by atoms with E-state index in [1.165, 1.54) is 0 Å². The average Bonchev–Trinajstić information content (AvgIpc) is 1.84. The van der Waals surface area contributed by atoms with Crippen molar-refractivity contribution in [3.8, 4) is 0 Å². The fraction of sp³-hybridized carbons (Fsp3) is 0.889. The minimum absolute atomic E-state index is 0.171. The smallest absolute Gasteiger partial charge is 0.303 e. The van der Waals surface area contributed by atoms with Gasteiger partial charge in [0, 0.05) is 12.5 Å². The maximum Gasteiger partial charge on any atom is 0.303 e. The monoisotopic (exact) mass is 173 g/mol. The van der Waals surface area contributed by atoms with E-state index in [-0.39, 0.29) is 18.4 Å². The Morgan fingerprint density at radius 3 is 2.58 bits per heavy atom. The first-order chi connectivity index (χ1) is 5.56. The number of carbonyl (C=O) groups is 1. The number of aliphatic carboxylic acids is 1. The molecule has 0 radical (unpaired) electrons. The Kier molecular flexibility index (Phi) is 5.72. The van der Waals surface area contributed by atoms with Crippen LogP contribution in [0.1, 0.15) is 39.5 Å². The summed E-state index contributed by atoms with van der Waals surface area (Å²) < 4.78 is 0. The standard InChI is InChI=1S/C9H19NO2/c1-3-4-8(10)5-7(2)6-9(11)12/h7-8H,3-6,10H2,1-2H3,(H,11,12)/t7-,8+/m1/s1. The molecule has 0 bridgehead atoms. The van der Waals surface area contributed by atoms with Crippen LogP contribution in [0.2, 0.25) is 0 Å². The number of hydrogen-bond acceptors (Lipinski definition) is 2. The van der Waals surface area contributed by atoms with E-state index in [0.29, 0.717) is 0 Å². The number of hydrogen-bond donors (Lipinski definition) is 2. The fourth-order valence-electron chi connectivity index (χ4n) is 1.39. The van der Waals surface area contributed by atoms with Crippen molar-refractivity contribution in [2.45, 2.75) is 45.6 Å². The summed E-state index contributed by atoms with van der Waals surface area (Å²) in [7, 11) is 0. The molecular formula is C9H19NO2. The topological polar surface area (TPSA) is 63.3 Å². The second-order valence-corrected chi connectivity index (χ2v) is 3.49. The molecule has 3 nitrogen and oxygen atoms in total. The highest BCUT2D eigenvalue weighted by Crippen LogP contribution is 2.11. The van der Waals surface area contributed by atoms with Gasteiger partial charge in [-0.25, -0.2) is 0 Å². The Morgan fingerprint density at radius 2 is 2.17 bits per heavy atom. The molecule has 2 atom stereocenters. The third kappa shape index (κ3) is 6.16. The van der Waals surface area contributed by atoms with Crippen LogP contribution in [0.4, 0.5) is 0 Å². The summed E-state index contributed by atoms with van der Waals surface area (Å²) in [6.45, 7) is 4.02. The van der Waals surface area contributed by atoms with Gasteiger partial charge in [-0.05, 0) is 18.8 Å². The van der Waals surface area contributed by atoms with Crippen molar-refractivity contribution in [3.63, 3.8) is 0 Å². The summed E-state index contributed by atoms with van der Waals surface area (Å²) >= 11 is 0. The predicted molar refractivity (Wildman–Crippen MR) is 48.9 cm³/mol. The normalized spacial score (nSPS) is 15.6. The van der Waals surface area contributed by atoms with Crippen molar-refractivity contribution < 1.29 is 9.90 Å². The molecule has 12 heavy (non-hydrogen) atoms. The van der Waals surface area contributed by atoms with E-state index in [4.69, 9.17) is 10.8 Å². The van der Waals surface area contributed by atoms with Crippen LogP contribution in [0.25, 0.3) is 0 Å². The van der Waals surface area contributed by atoms with Gasteiger partial charge < -0.3 is 10.8 Å². The van der Waals surface area contributed by atoms with E-state index >= 15 is 0 Å². The molecule has 72 valence electrons. The maximum absolute atomic E-state index is 10.3. The molecule has 0 aromatic carbocycles. The van der Waals surface area contributed by atoms with E-state index in [0.717, 1.165) is 19.3 Å². The van der Waals surface area contributed by atoms with Crippen molar-refractivity contribution >= 4 is 5.97 Å². The van der Waals surface area contributed by atoms with Crippen LogP contribution in [0.15, 0.2) is 0 Å². The molecular weight excluding hydrogens is 154 g/mol. The number of nitrogens with two attached hydrogens (primary N) is 1. The molecule has 0 aromatic heterocycles. The van der Waals surface area contributed by atoms with Crippen molar-refractivity contribution in [2.24, 2.45) is 11.7 Å². The molecule has 0 saturated heterocycles. The Hall–Kier alpha value is -0.570. The quantitative estimate of drug-likeness (QED) is 0.641. The third-order valence-corrected chi connectivity index (χ3v) is 1.89. The highest BCUT2D eigenvalue weighted by molar-refractivity contribution is 5.66. The first-order valence-corrected chi connectivity index (χ1v) is 4.53. The SMILES string of the molecule is CCC[C@H](N)C[C@@H](C)CC(=O)O. The van der Waals surface area contributed by atoms with Crippen LogP contribution in [0, 0.1) is 5.92 Å². The Morgan fingerprint density at radius 1 is 1.58 bits per heavy atom. The highest BCUT2D eigenvalue weighted by atomic mass is 16.4. The maximum atomic E-state index is 10.3. The van der Waals surface area contributed by atoms with Crippen LogP contribution in [0.3, 0.4) is 0 Å². The van der Waals surface area contributed by atoms with Crippen LogP contribution < -0.4 is 5.73 Å². The second kappa shape index (κ2) is 6.00. The van der Waals surface area contributed by atoms with Gasteiger partial charge in [-0.15, -0.1) is 0 Å². The molecule has 0 fully saturated rings. The molecule has 0 rings (SSSR count). The van der Waals surface area contributed by atoms with Crippen molar-refractivity contribution in [1.29, 1.82) is 0 Å². The Labute approximate surface area is 74.0 Å². The molecule has 0 aliphatic heterocycles. The zero-order valence-corrected chi connectivity index (χ0v) is 7.92. The van der Waals surface area contributed by atoms with Crippen LogP contribution >= 0.6 is 0 Å². The summed E-state index contributed by atoms with van der Waals surface area (Å²) in [5.41, 5.74) is 5.77. The number of rotatable bonds is 6. The van der Waals surface area contributed by atoms with Crippen molar-refractivity contribution in [2.75, 3.05) is 0 Å². The van der Waals surface area contributed by atoms with Gasteiger partial charge in [-0.2, -0.15) is 0 Å². The van der Waals surface area contributed by atoms with Crippen LogP contribution in [-0.2, 0) is 4.79 Å². The van der Waals surface area contributed by atoms with Crippen molar-refractivity contribution in [3.05, 3.63) is 0 Å². The number of carboxylic acid groups (broad SMARTS) is 1. The molecule has 0 saturated carbocycles. The number of carboxylic acids is 1. The summed E-state index contributed by atoms with van der Waals surface area (Å²) in [5.74, 6) is -0.532. The average molecular weight is 173 g/mol. The summed E-state index contributed by atoms with van der Waals surface area (Å²) in [6.07, 6.45) is 3.11. The molecule has 0 spiro atoms. The molecule has 0 aromatic rings. The van der Waals surface area contributed by atoms with Gasteiger partial charge in [0.2, 0.25) is 0 Å². The molecule has 3 N–H and O–H groups in total. The lowest BCUT2D eigenvalue weighted by Crippen LogP contribution is -2.23. The largest absolute Gasteiger partial charge is 0.481 e. The lowest BCUT2D eigenvalue weighted by atomic mass is 9.97. The van der Waals surface area contributed by atoms with Gasteiger partial charge in [-0.1, -0.05) is 20.3 Å². The Balaban J connectivity index is 3.53. The highest BCUT2D eigenvalue weighted by Gasteiger charge is 2.11. The third-order valence-electron chi connectivity index (χ3n) is 1.89. The van der Waals surface area contributed by atoms with Gasteiger partial charge in [-0.3, -0.25) is 4.79 Å². The van der Waals surface area contributed by atoms with E-state index < -0.39 is 5.97 Å². The summed E-state index contributed by atoms with van der Waals surface area (Å²) in [6, 6.07) is 0.171. The molecule has 0 aliphatic rings. The minimum atomic E-state index is -0.730. The van der Waals surface area contributed by atoms with Gasteiger partial charge in [0.15, 0.2) is 0 Å². The fourth-order valence-corrected chi connectivity index (χ4v) is 1.39. The molecule has 0 unspecified atom stereocenters. The van der Waals surface area contributed by atoms with E-state index in [9.17, 15) is 4.79 Å². The van der Waals surface area contributed by atoms with E-state index in [1.54, 1.807) is 0 Å². The predicted octanol–water partition coefficient (Wildman–Crippen LogP) is 1.61. The van der Waals surface area contributed by atoms with Crippen LogP contribution in [-0.4, -0.2) is 17.1 Å². The Bertz CT molecular complexity index is 136. The molecule has 0 heterocycles. The van der Waals surface area contributed by atoms with E-state index in [2.05, 4.69) is 6.92 Å².